The lowest BCUT2D eigenvalue weighted by molar-refractivity contribution is -0.134. The van der Waals surface area contributed by atoms with Crippen molar-refractivity contribution in [1.82, 2.24) is 5.32 Å². The van der Waals surface area contributed by atoms with Crippen molar-refractivity contribution in [3.8, 4) is 0 Å². The molecule has 1 aliphatic heterocycles. The van der Waals surface area contributed by atoms with E-state index in [-0.39, 0.29) is 18.5 Å². The summed E-state index contributed by atoms with van der Waals surface area (Å²) < 4.78 is 35.6. The van der Waals surface area contributed by atoms with Crippen LogP contribution in [0.1, 0.15) is 33.1 Å². The summed E-state index contributed by atoms with van der Waals surface area (Å²) in [7, 11) is 0. The Bertz CT molecular complexity index is 261. The number of aliphatic imine (C=N–C) groups is 1. The number of amidine groups is 1. The first kappa shape index (κ1) is 13.7. The number of nitrogens with zero attached hydrogens (tertiary/aromatic N) is 1. The van der Waals surface area contributed by atoms with Crippen LogP contribution in [0, 0.1) is 0 Å². The Morgan fingerprint density at radius 2 is 2.12 bits per heavy atom. The van der Waals surface area contributed by atoms with Crippen LogP contribution in [0.3, 0.4) is 0 Å². The molecular weight excluding hydrogens is 237 g/mol. The molecule has 6 heteroatoms. The first-order valence-electron chi connectivity index (χ1n) is 5.31. The van der Waals surface area contributed by atoms with Gasteiger partial charge in [-0.2, -0.15) is 13.2 Å². The van der Waals surface area contributed by atoms with Gasteiger partial charge in [0.2, 0.25) is 0 Å². The number of rotatable bonds is 3. The lowest BCUT2D eigenvalue weighted by atomic mass is 10.0. The van der Waals surface area contributed by atoms with Crippen molar-refractivity contribution in [2.45, 2.75) is 44.8 Å². The molecule has 94 valence electrons. The van der Waals surface area contributed by atoms with Crippen LogP contribution < -0.4 is 5.32 Å². The predicted octanol–water partition coefficient (Wildman–Crippen LogP) is 3.19. The summed E-state index contributed by atoms with van der Waals surface area (Å²) in [6, 6.07) is 0. The van der Waals surface area contributed by atoms with E-state index in [1.54, 1.807) is 11.8 Å². The van der Waals surface area contributed by atoms with Gasteiger partial charge >= 0.3 is 6.18 Å². The maximum atomic E-state index is 11.9. The van der Waals surface area contributed by atoms with Gasteiger partial charge in [-0.05, 0) is 26.7 Å². The van der Waals surface area contributed by atoms with Crippen LogP contribution in [0.2, 0.25) is 0 Å². The quantitative estimate of drug-likeness (QED) is 0.782. The summed E-state index contributed by atoms with van der Waals surface area (Å²) >= 11 is 1.58. The molecule has 0 unspecified atom stereocenters. The second kappa shape index (κ2) is 5.29. The molecule has 1 fully saturated rings. The normalized spacial score (nSPS) is 23.2. The van der Waals surface area contributed by atoms with Crippen LogP contribution in [0.5, 0.6) is 0 Å². The zero-order valence-electron chi connectivity index (χ0n) is 9.52. The Morgan fingerprint density at radius 3 is 2.69 bits per heavy atom. The zero-order chi connectivity index (χ0) is 12.2. The zero-order valence-corrected chi connectivity index (χ0v) is 10.3. The van der Waals surface area contributed by atoms with Crippen molar-refractivity contribution >= 4 is 16.9 Å². The van der Waals surface area contributed by atoms with Crippen molar-refractivity contribution in [3.63, 3.8) is 0 Å². The van der Waals surface area contributed by atoms with E-state index in [1.165, 1.54) is 0 Å². The molecule has 0 aromatic heterocycles. The van der Waals surface area contributed by atoms with Crippen LogP contribution in [-0.2, 0) is 0 Å². The molecule has 0 aromatic rings. The fourth-order valence-corrected chi connectivity index (χ4v) is 2.67. The SMILES string of the molecule is CC1(C)CCSC(=NCCCC(F)(F)F)N1. The highest BCUT2D eigenvalue weighted by Gasteiger charge is 2.26. The first-order chi connectivity index (χ1) is 7.29. The van der Waals surface area contributed by atoms with E-state index < -0.39 is 12.6 Å². The average molecular weight is 254 g/mol. The smallest absolute Gasteiger partial charge is 0.360 e. The number of alkyl halides is 3. The summed E-state index contributed by atoms with van der Waals surface area (Å²) in [4.78, 5) is 4.15. The van der Waals surface area contributed by atoms with Gasteiger partial charge in [-0.1, -0.05) is 11.8 Å². The van der Waals surface area contributed by atoms with Crippen molar-refractivity contribution in [1.29, 1.82) is 0 Å². The van der Waals surface area contributed by atoms with Gasteiger partial charge in [0.05, 0.1) is 0 Å². The highest BCUT2D eigenvalue weighted by atomic mass is 32.2. The van der Waals surface area contributed by atoms with E-state index in [9.17, 15) is 13.2 Å². The minimum absolute atomic E-state index is 0.00805. The Kier molecular flexibility index (Phi) is 4.52. The van der Waals surface area contributed by atoms with E-state index in [1.807, 2.05) is 0 Å². The Balaban J connectivity index is 2.29. The summed E-state index contributed by atoms with van der Waals surface area (Å²) in [5.41, 5.74) is 0.00805. The molecule has 0 spiro atoms. The third-order valence-electron chi connectivity index (χ3n) is 2.28. The monoisotopic (exact) mass is 254 g/mol. The number of halogens is 3. The highest BCUT2D eigenvalue weighted by Crippen LogP contribution is 2.23. The minimum Gasteiger partial charge on any atom is -0.360 e. The Morgan fingerprint density at radius 1 is 1.44 bits per heavy atom. The molecular formula is C10H17F3N2S. The van der Waals surface area contributed by atoms with Gasteiger partial charge < -0.3 is 5.32 Å². The molecule has 0 radical (unpaired) electrons. The second-order valence-corrected chi connectivity index (χ2v) is 5.60. The average Bonchev–Trinajstić information content (AvgIpc) is 2.09. The fraction of sp³-hybridized carbons (Fsp3) is 0.900. The third kappa shape index (κ3) is 5.63. The molecule has 1 heterocycles. The molecule has 1 saturated heterocycles. The van der Waals surface area contributed by atoms with Gasteiger partial charge in [-0.25, -0.2) is 0 Å². The predicted molar refractivity (Wildman–Crippen MR) is 61.9 cm³/mol. The molecule has 0 aliphatic carbocycles. The molecule has 16 heavy (non-hydrogen) atoms. The van der Waals surface area contributed by atoms with Gasteiger partial charge in [-0.3, -0.25) is 4.99 Å². The molecule has 0 atom stereocenters. The van der Waals surface area contributed by atoms with Gasteiger partial charge in [0.1, 0.15) is 0 Å². The maximum absolute atomic E-state index is 11.9. The lowest BCUT2D eigenvalue weighted by Gasteiger charge is -2.32. The molecule has 1 aliphatic rings. The largest absolute Gasteiger partial charge is 0.389 e. The van der Waals surface area contributed by atoms with Crippen LogP contribution in [0.25, 0.3) is 0 Å². The van der Waals surface area contributed by atoms with Crippen LogP contribution in [0.4, 0.5) is 13.2 Å². The van der Waals surface area contributed by atoms with E-state index in [0.29, 0.717) is 0 Å². The molecule has 0 saturated carbocycles. The van der Waals surface area contributed by atoms with Crippen molar-refractivity contribution in [3.05, 3.63) is 0 Å². The number of hydrogen-bond donors (Lipinski definition) is 1. The minimum atomic E-state index is -4.06. The highest BCUT2D eigenvalue weighted by molar-refractivity contribution is 8.13. The number of thioether (sulfide) groups is 1. The molecule has 1 rings (SSSR count). The van der Waals surface area contributed by atoms with E-state index in [2.05, 4.69) is 24.2 Å². The number of nitrogens with one attached hydrogen (secondary N) is 1. The van der Waals surface area contributed by atoms with Crippen LogP contribution in [-0.4, -0.2) is 29.2 Å². The summed E-state index contributed by atoms with van der Waals surface area (Å²) in [5.74, 6) is 0.970. The third-order valence-corrected chi connectivity index (χ3v) is 3.20. The molecule has 0 amide bonds. The van der Waals surface area contributed by atoms with Crippen LogP contribution >= 0.6 is 11.8 Å². The summed E-state index contributed by atoms with van der Waals surface area (Å²) in [5, 5.41) is 4.00. The molecule has 0 bridgehead atoms. The van der Waals surface area contributed by atoms with Crippen LogP contribution in [0.15, 0.2) is 4.99 Å². The fourth-order valence-electron chi connectivity index (χ4n) is 1.34. The topological polar surface area (TPSA) is 24.4 Å². The lowest BCUT2D eigenvalue weighted by Crippen LogP contribution is -2.46. The van der Waals surface area contributed by atoms with Gasteiger partial charge in [-0.15, -0.1) is 0 Å². The molecule has 1 N–H and O–H groups in total. The van der Waals surface area contributed by atoms with E-state index in [4.69, 9.17) is 0 Å². The summed E-state index contributed by atoms with van der Waals surface area (Å²) in [6.45, 7) is 4.38. The molecule has 2 nitrogen and oxygen atoms in total. The van der Waals surface area contributed by atoms with E-state index >= 15 is 0 Å². The van der Waals surface area contributed by atoms with Crippen molar-refractivity contribution < 1.29 is 13.2 Å². The van der Waals surface area contributed by atoms with Gasteiger partial charge in [0.25, 0.3) is 0 Å². The maximum Gasteiger partial charge on any atom is 0.389 e. The first-order valence-corrected chi connectivity index (χ1v) is 6.29. The summed E-state index contributed by atoms with van der Waals surface area (Å²) in [6.07, 6.45) is -3.71. The van der Waals surface area contributed by atoms with Gasteiger partial charge in [0, 0.05) is 24.3 Å². The van der Waals surface area contributed by atoms with Crippen molar-refractivity contribution in [2.24, 2.45) is 4.99 Å². The Labute approximate surface area is 98.1 Å². The Hall–Kier alpha value is -0.390. The molecule has 0 aromatic carbocycles. The standard InChI is InChI=1S/C10H17F3N2S/c1-9(2)5-7-16-8(15-9)14-6-3-4-10(11,12)13/h3-7H2,1-2H3,(H,14,15). The van der Waals surface area contributed by atoms with E-state index in [0.717, 1.165) is 17.3 Å². The van der Waals surface area contributed by atoms with Crippen molar-refractivity contribution in [2.75, 3.05) is 12.3 Å². The number of hydrogen-bond acceptors (Lipinski definition) is 2. The second-order valence-electron chi connectivity index (χ2n) is 4.51. The van der Waals surface area contributed by atoms with Gasteiger partial charge in [0.15, 0.2) is 5.17 Å².